The van der Waals surface area contributed by atoms with Crippen molar-refractivity contribution in [3.63, 3.8) is 0 Å². The van der Waals surface area contributed by atoms with Crippen LogP contribution in [0.1, 0.15) is 52.9 Å². The van der Waals surface area contributed by atoms with Crippen molar-refractivity contribution in [3.8, 4) is 5.75 Å². The van der Waals surface area contributed by atoms with Gasteiger partial charge in [-0.15, -0.1) is 0 Å². The lowest BCUT2D eigenvalue weighted by Gasteiger charge is -2.32. The average molecular weight is 372 g/mol. The molecule has 2 aromatic rings. The lowest BCUT2D eigenvalue weighted by atomic mass is 9.92. The maximum absolute atomic E-state index is 11.6. The predicted octanol–water partition coefficient (Wildman–Crippen LogP) is 5.04. The number of benzene rings is 2. The molecule has 0 aliphatic heterocycles. The van der Waals surface area contributed by atoms with E-state index in [1.54, 1.807) is 7.11 Å². The first-order valence-electron chi connectivity index (χ1n) is 8.92. The zero-order chi connectivity index (χ0) is 19.3. The number of aryl methyl sites for hydroxylation is 3. The quantitative estimate of drug-likeness (QED) is 0.370. The molecule has 0 aromatic heterocycles. The van der Waals surface area contributed by atoms with Gasteiger partial charge in [0, 0.05) is 23.4 Å². The highest BCUT2D eigenvalue weighted by Crippen LogP contribution is 2.48. The Bertz CT molecular complexity index is 785. The Kier molecular flexibility index (Phi) is 6.97. The molecule has 0 radical (unpaired) electrons. The van der Waals surface area contributed by atoms with Crippen LogP contribution in [0, 0.1) is 20.8 Å². The topological polar surface area (TPSA) is 35.5 Å². The first-order valence-corrected chi connectivity index (χ1v) is 9.92. The minimum atomic E-state index is -0.118. The molecule has 2 unspecified atom stereocenters. The molecule has 0 aliphatic carbocycles. The van der Waals surface area contributed by atoms with Crippen LogP contribution in [-0.4, -0.2) is 20.2 Å². The summed E-state index contributed by atoms with van der Waals surface area (Å²) < 4.78 is 11.1. The van der Waals surface area contributed by atoms with Crippen molar-refractivity contribution >= 4 is 20.2 Å². The normalized spacial score (nSPS) is 13.8. The van der Waals surface area contributed by atoms with Gasteiger partial charge in [-0.1, -0.05) is 57.8 Å². The van der Waals surface area contributed by atoms with E-state index in [0.29, 0.717) is 8.58 Å². The lowest BCUT2D eigenvalue weighted by Crippen LogP contribution is -2.22. The fraction of sp³-hybridized carbons (Fsp3) is 0.409. The third-order valence-electron chi connectivity index (χ3n) is 4.79. The van der Waals surface area contributed by atoms with Gasteiger partial charge in [0.05, 0.1) is 0 Å². The highest BCUT2D eigenvalue weighted by atomic mass is 31.1. The third-order valence-corrected chi connectivity index (χ3v) is 6.69. The molecule has 0 bridgehead atoms. The van der Waals surface area contributed by atoms with Gasteiger partial charge in [0.25, 0.3) is 0 Å². The number of aldehydes is 1. The molecule has 0 saturated carbocycles. The van der Waals surface area contributed by atoms with Gasteiger partial charge in [0.1, 0.15) is 5.75 Å². The number of hydrogen-bond acceptors (Lipinski definition) is 3. The summed E-state index contributed by atoms with van der Waals surface area (Å²) in [6, 6.07) is 10.5. The summed E-state index contributed by atoms with van der Waals surface area (Å²) in [7, 11) is 2.10. The van der Waals surface area contributed by atoms with Gasteiger partial charge in [-0.2, -0.15) is 0 Å². The number of methoxy groups -OCH3 is 1. The van der Waals surface area contributed by atoms with Gasteiger partial charge in [0.15, 0.2) is 13.1 Å². The van der Waals surface area contributed by atoms with E-state index in [4.69, 9.17) is 9.47 Å². The van der Waals surface area contributed by atoms with E-state index in [2.05, 4.69) is 52.0 Å². The molecule has 4 heteroatoms. The summed E-state index contributed by atoms with van der Waals surface area (Å²) in [5.74, 6) is 0.897. The molecule has 0 aliphatic rings. The molecular weight excluding hydrogens is 343 g/mol. The Hall–Kier alpha value is -1.70. The highest BCUT2D eigenvalue weighted by Gasteiger charge is 2.30. The van der Waals surface area contributed by atoms with Crippen LogP contribution in [-0.2, 0) is 9.89 Å². The van der Waals surface area contributed by atoms with E-state index in [-0.39, 0.29) is 11.9 Å². The van der Waals surface area contributed by atoms with E-state index in [1.165, 1.54) is 11.1 Å². The number of carbonyl (C=O) groups is 1. The zero-order valence-electron chi connectivity index (χ0n) is 16.6. The molecule has 2 atom stereocenters. The first kappa shape index (κ1) is 20.6. The minimum Gasteiger partial charge on any atom is -0.467 e. The van der Waals surface area contributed by atoms with Crippen LogP contribution >= 0.6 is 8.58 Å². The van der Waals surface area contributed by atoms with E-state index in [1.807, 2.05) is 13.0 Å². The maximum atomic E-state index is 11.6. The van der Waals surface area contributed by atoms with Crippen molar-refractivity contribution in [3.05, 3.63) is 58.1 Å². The smallest absolute Gasteiger partial charge is 0.188 e. The summed E-state index contributed by atoms with van der Waals surface area (Å²) in [6.45, 7) is 10.9. The largest absolute Gasteiger partial charge is 0.467 e. The first-order chi connectivity index (χ1) is 12.3. The van der Waals surface area contributed by atoms with Crippen LogP contribution in [0.25, 0.3) is 0 Å². The molecule has 2 aromatic carbocycles. The van der Waals surface area contributed by atoms with Crippen molar-refractivity contribution in [2.45, 2.75) is 46.2 Å². The second-order valence-corrected chi connectivity index (χ2v) is 8.92. The molecule has 140 valence electrons. The van der Waals surface area contributed by atoms with Crippen molar-refractivity contribution in [2.75, 3.05) is 13.9 Å². The van der Waals surface area contributed by atoms with Crippen LogP contribution < -0.4 is 10.0 Å². The van der Waals surface area contributed by atoms with Gasteiger partial charge in [-0.3, -0.25) is 4.79 Å². The van der Waals surface area contributed by atoms with Crippen molar-refractivity contribution in [1.29, 1.82) is 0 Å². The summed E-state index contributed by atoms with van der Waals surface area (Å²) in [5.41, 5.74) is 5.40. The van der Waals surface area contributed by atoms with Gasteiger partial charge < -0.3 is 9.47 Å². The predicted molar refractivity (Wildman–Crippen MR) is 111 cm³/mol. The Morgan fingerprint density at radius 1 is 1.12 bits per heavy atom. The number of hydrogen-bond donors (Lipinski definition) is 0. The number of rotatable bonds is 8. The van der Waals surface area contributed by atoms with E-state index < -0.39 is 0 Å². The summed E-state index contributed by atoms with van der Waals surface area (Å²) >= 11 is 0. The molecule has 0 spiro atoms. The summed E-state index contributed by atoms with van der Waals surface area (Å²) in [5, 5.41) is 0.985. The molecule has 0 heterocycles. The van der Waals surface area contributed by atoms with E-state index in [0.717, 1.165) is 40.5 Å². The molecule has 0 amide bonds. The van der Waals surface area contributed by atoms with Crippen LogP contribution in [0.15, 0.2) is 30.3 Å². The van der Waals surface area contributed by atoms with Crippen molar-refractivity contribution in [1.82, 2.24) is 0 Å². The monoisotopic (exact) mass is 372 g/mol. The van der Waals surface area contributed by atoms with Crippen LogP contribution in [0.5, 0.6) is 5.75 Å². The van der Waals surface area contributed by atoms with Crippen molar-refractivity contribution < 1.29 is 14.3 Å². The fourth-order valence-electron chi connectivity index (χ4n) is 3.21. The number of carbonyl (C=O) groups excluding carboxylic acids is 1. The van der Waals surface area contributed by atoms with Gasteiger partial charge in [0.2, 0.25) is 0 Å². The Labute approximate surface area is 158 Å². The Balaban J connectivity index is 2.54. The second-order valence-electron chi connectivity index (χ2n) is 7.03. The zero-order valence-corrected chi connectivity index (χ0v) is 17.6. The highest BCUT2D eigenvalue weighted by molar-refractivity contribution is 7.48. The molecule has 0 fully saturated rings. The standard InChI is InChI=1S/C22H29O3P/c1-7-22(5,26-20-9-8-15(2)11-18(20)13-23)19-12-16(3)10-17(4)21(19)25-14-24-6/h8-13,26H,7,14H2,1-6H3. The number of ether oxygens (including phenoxy) is 2. The molecule has 3 nitrogen and oxygen atoms in total. The van der Waals surface area contributed by atoms with E-state index in [9.17, 15) is 4.79 Å². The Morgan fingerprint density at radius 3 is 2.46 bits per heavy atom. The summed E-state index contributed by atoms with van der Waals surface area (Å²) in [6.07, 6.45) is 1.92. The molecule has 0 saturated heterocycles. The summed E-state index contributed by atoms with van der Waals surface area (Å²) in [4.78, 5) is 11.6. The lowest BCUT2D eigenvalue weighted by molar-refractivity contribution is 0.0495. The second kappa shape index (κ2) is 8.79. The fourth-order valence-corrected chi connectivity index (χ4v) is 4.74. The van der Waals surface area contributed by atoms with Crippen molar-refractivity contribution in [2.24, 2.45) is 0 Å². The minimum absolute atomic E-state index is 0.118. The van der Waals surface area contributed by atoms with Crippen LogP contribution in [0.4, 0.5) is 0 Å². The molecular formula is C22H29O3P. The molecule has 0 N–H and O–H groups in total. The Morgan fingerprint density at radius 2 is 1.85 bits per heavy atom. The SMILES string of the molecule is CCC(C)(Pc1ccc(C)cc1C=O)c1cc(C)cc(C)c1OCOC. The third kappa shape index (κ3) is 4.52. The van der Waals surface area contributed by atoms with Gasteiger partial charge in [-0.25, -0.2) is 0 Å². The van der Waals surface area contributed by atoms with Gasteiger partial charge >= 0.3 is 0 Å². The van der Waals surface area contributed by atoms with Crippen LogP contribution in [0.3, 0.4) is 0 Å². The molecule has 26 heavy (non-hydrogen) atoms. The van der Waals surface area contributed by atoms with Crippen LogP contribution in [0.2, 0.25) is 0 Å². The van der Waals surface area contributed by atoms with E-state index >= 15 is 0 Å². The average Bonchev–Trinajstić information content (AvgIpc) is 2.61. The van der Waals surface area contributed by atoms with Gasteiger partial charge in [-0.05, 0) is 44.1 Å². The maximum Gasteiger partial charge on any atom is 0.188 e. The molecule has 2 rings (SSSR count).